The lowest BCUT2D eigenvalue weighted by Crippen LogP contribution is -2.54. The molecule has 0 aromatic carbocycles. The molecule has 0 aliphatic carbocycles. The normalized spacial score (nSPS) is 30.7. The Morgan fingerprint density at radius 3 is 2.77 bits per heavy atom. The molecule has 0 spiro atoms. The van der Waals surface area contributed by atoms with Gasteiger partial charge < -0.3 is 5.32 Å². The van der Waals surface area contributed by atoms with Crippen LogP contribution in [0.3, 0.4) is 0 Å². The topological polar surface area (TPSA) is 15.3 Å². The number of nitrogens with zero attached hydrogens (tertiary/aromatic N) is 1. The molecule has 1 rings (SSSR count). The maximum absolute atomic E-state index is 3.51. The molecular formula is C11H24N2. The van der Waals surface area contributed by atoms with E-state index in [1.165, 1.54) is 32.4 Å². The first-order valence-electron chi connectivity index (χ1n) is 5.71. The summed E-state index contributed by atoms with van der Waals surface area (Å²) in [4.78, 5) is 2.62. The average Bonchev–Trinajstić information content (AvgIpc) is 2.11. The second-order valence-corrected chi connectivity index (χ2v) is 4.36. The molecule has 0 unspecified atom stereocenters. The summed E-state index contributed by atoms with van der Waals surface area (Å²) in [6.45, 7) is 10.5. The molecule has 2 heteroatoms. The van der Waals surface area contributed by atoms with Gasteiger partial charge in [-0.25, -0.2) is 0 Å². The van der Waals surface area contributed by atoms with Crippen molar-refractivity contribution in [2.45, 2.75) is 52.1 Å². The molecule has 0 amide bonds. The largest absolute Gasteiger partial charge is 0.311 e. The van der Waals surface area contributed by atoms with E-state index in [1.807, 2.05) is 0 Å². The smallest absolute Gasteiger partial charge is 0.0193 e. The summed E-state index contributed by atoms with van der Waals surface area (Å²) >= 11 is 0. The number of hydrogen-bond donors (Lipinski definition) is 1. The van der Waals surface area contributed by atoms with E-state index in [-0.39, 0.29) is 0 Å². The minimum Gasteiger partial charge on any atom is -0.311 e. The molecule has 1 N–H and O–H groups in total. The molecule has 1 aliphatic rings. The Labute approximate surface area is 82.7 Å². The highest BCUT2D eigenvalue weighted by Crippen LogP contribution is 2.08. The van der Waals surface area contributed by atoms with Crippen LogP contribution in [0, 0.1) is 0 Å². The predicted octanol–water partition coefficient (Wildman–Crippen LogP) is 1.86. The van der Waals surface area contributed by atoms with Crippen LogP contribution < -0.4 is 5.32 Å². The van der Waals surface area contributed by atoms with E-state index >= 15 is 0 Å². The first-order chi connectivity index (χ1) is 6.24. The Bertz CT molecular complexity index is 136. The molecule has 1 aliphatic heterocycles. The molecule has 0 aromatic rings. The van der Waals surface area contributed by atoms with E-state index in [0.717, 1.165) is 12.6 Å². The Hall–Kier alpha value is -0.0800. The van der Waals surface area contributed by atoms with Crippen LogP contribution in [0.15, 0.2) is 0 Å². The quantitative estimate of drug-likeness (QED) is 0.671. The van der Waals surface area contributed by atoms with Crippen LogP contribution in [0.5, 0.6) is 0 Å². The highest BCUT2D eigenvalue weighted by atomic mass is 15.2. The Balaban J connectivity index is 2.21. The summed E-state index contributed by atoms with van der Waals surface area (Å²) in [5.41, 5.74) is 0. The van der Waals surface area contributed by atoms with Crippen LogP contribution in [0.2, 0.25) is 0 Å². The van der Waals surface area contributed by atoms with Crippen molar-refractivity contribution in [3.8, 4) is 0 Å². The molecule has 78 valence electrons. The van der Waals surface area contributed by atoms with Gasteiger partial charge >= 0.3 is 0 Å². The summed E-state index contributed by atoms with van der Waals surface area (Å²) in [5, 5.41) is 3.51. The molecule has 0 saturated carbocycles. The summed E-state index contributed by atoms with van der Waals surface area (Å²) in [6, 6.07) is 1.41. The summed E-state index contributed by atoms with van der Waals surface area (Å²) < 4.78 is 0. The van der Waals surface area contributed by atoms with Gasteiger partial charge in [0.15, 0.2) is 0 Å². The van der Waals surface area contributed by atoms with Crippen LogP contribution in [0.1, 0.15) is 40.0 Å². The molecule has 0 radical (unpaired) electrons. The van der Waals surface area contributed by atoms with E-state index in [2.05, 4.69) is 31.0 Å². The van der Waals surface area contributed by atoms with Crippen LogP contribution in [0.4, 0.5) is 0 Å². The molecular weight excluding hydrogens is 160 g/mol. The van der Waals surface area contributed by atoms with Crippen molar-refractivity contribution in [1.82, 2.24) is 10.2 Å². The Morgan fingerprint density at radius 2 is 2.08 bits per heavy atom. The van der Waals surface area contributed by atoms with Gasteiger partial charge in [0.1, 0.15) is 0 Å². The standard InChI is InChI=1S/C11H24N2/c1-4-5-6-7-13-9-10(2)12-8-11(13)3/h10-12H,4-9H2,1-3H3/t10-,11+/m0/s1. The fourth-order valence-electron chi connectivity index (χ4n) is 1.97. The van der Waals surface area contributed by atoms with Crippen molar-refractivity contribution >= 4 is 0 Å². The fraction of sp³-hybridized carbons (Fsp3) is 1.00. The second-order valence-electron chi connectivity index (χ2n) is 4.36. The number of hydrogen-bond acceptors (Lipinski definition) is 2. The SMILES string of the molecule is CCCCCN1C[C@H](C)NC[C@H]1C. The van der Waals surface area contributed by atoms with Gasteiger partial charge in [0.05, 0.1) is 0 Å². The van der Waals surface area contributed by atoms with Crippen molar-refractivity contribution in [3.05, 3.63) is 0 Å². The van der Waals surface area contributed by atoms with Gasteiger partial charge in [-0.2, -0.15) is 0 Å². The number of nitrogens with one attached hydrogen (secondary N) is 1. The Kier molecular flexibility index (Phi) is 4.74. The van der Waals surface area contributed by atoms with Crippen LogP contribution >= 0.6 is 0 Å². The van der Waals surface area contributed by atoms with E-state index in [0.29, 0.717) is 6.04 Å². The zero-order chi connectivity index (χ0) is 9.68. The van der Waals surface area contributed by atoms with Crippen LogP contribution in [-0.2, 0) is 0 Å². The van der Waals surface area contributed by atoms with Gasteiger partial charge in [-0.1, -0.05) is 19.8 Å². The molecule has 0 bridgehead atoms. The molecule has 1 heterocycles. The minimum absolute atomic E-state index is 0.679. The fourth-order valence-corrected chi connectivity index (χ4v) is 1.97. The first-order valence-corrected chi connectivity index (χ1v) is 5.71. The zero-order valence-electron chi connectivity index (χ0n) is 9.34. The molecule has 1 fully saturated rings. The molecule has 0 aromatic heterocycles. The number of rotatable bonds is 4. The maximum Gasteiger partial charge on any atom is 0.0193 e. The van der Waals surface area contributed by atoms with Crippen molar-refractivity contribution in [2.24, 2.45) is 0 Å². The first kappa shape index (κ1) is 11.0. The van der Waals surface area contributed by atoms with Gasteiger partial charge in [0.25, 0.3) is 0 Å². The molecule has 1 saturated heterocycles. The van der Waals surface area contributed by atoms with Crippen molar-refractivity contribution in [1.29, 1.82) is 0 Å². The van der Waals surface area contributed by atoms with E-state index < -0.39 is 0 Å². The summed E-state index contributed by atoms with van der Waals surface area (Å²) in [6.07, 6.45) is 4.08. The van der Waals surface area contributed by atoms with Gasteiger partial charge in [0, 0.05) is 25.2 Å². The highest BCUT2D eigenvalue weighted by molar-refractivity contribution is 4.80. The van der Waals surface area contributed by atoms with Gasteiger partial charge in [-0.3, -0.25) is 4.90 Å². The van der Waals surface area contributed by atoms with E-state index in [4.69, 9.17) is 0 Å². The zero-order valence-corrected chi connectivity index (χ0v) is 9.34. The lowest BCUT2D eigenvalue weighted by Gasteiger charge is -2.37. The van der Waals surface area contributed by atoms with Gasteiger partial charge in [-0.15, -0.1) is 0 Å². The lowest BCUT2D eigenvalue weighted by atomic mass is 10.1. The number of unbranched alkanes of at least 4 members (excludes halogenated alkanes) is 2. The van der Waals surface area contributed by atoms with Gasteiger partial charge in [-0.05, 0) is 26.8 Å². The highest BCUT2D eigenvalue weighted by Gasteiger charge is 2.20. The summed E-state index contributed by atoms with van der Waals surface area (Å²) in [7, 11) is 0. The van der Waals surface area contributed by atoms with Crippen molar-refractivity contribution in [3.63, 3.8) is 0 Å². The summed E-state index contributed by atoms with van der Waals surface area (Å²) in [5.74, 6) is 0. The van der Waals surface area contributed by atoms with Crippen molar-refractivity contribution < 1.29 is 0 Å². The molecule has 2 nitrogen and oxygen atoms in total. The second kappa shape index (κ2) is 5.61. The molecule has 13 heavy (non-hydrogen) atoms. The third-order valence-corrected chi connectivity index (χ3v) is 2.94. The Morgan fingerprint density at radius 1 is 1.31 bits per heavy atom. The van der Waals surface area contributed by atoms with E-state index in [1.54, 1.807) is 0 Å². The van der Waals surface area contributed by atoms with Crippen LogP contribution in [0.25, 0.3) is 0 Å². The van der Waals surface area contributed by atoms with Crippen LogP contribution in [-0.4, -0.2) is 36.6 Å². The lowest BCUT2D eigenvalue weighted by molar-refractivity contribution is 0.144. The van der Waals surface area contributed by atoms with E-state index in [9.17, 15) is 0 Å². The predicted molar refractivity (Wildman–Crippen MR) is 58.0 cm³/mol. The maximum atomic E-state index is 3.51. The minimum atomic E-state index is 0.679. The van der Waals surface area contributed by atoms with Crippen molar-refractivity contribution in [2.75, 3.05) is 19.6 Å². The number of piperazine rings is 1. The molecule has 2 atom stereocenters. The third-order valence-electron chi connectivity index (χ3n) is 2.94. The average molecular weight is 184 g/mol. The monoisotopic (exact) mass is 184 g/mol. The van der Waals surface area contributed by atoms with Gasteiger partial charge in [0.2, 0.25) is 0 Å². The third kappa shape index (κ3) is 3.65.